The molecule has 17 atom stereocenters. The monoisotopic (exact) mass is 1730 g/mol. The van der Waals surface area contributed by atoms with Crippen LogP contribution in [0.25, 0.3) is 0 Å². The van der Waals surface area contributed by atoms with Crippen LogP contribution in [0.3, 0.4) is 0 Å². The number of nitrogens with zero attached hydrogens (tertiary/aromatic N) is 2. The number of carbonyl (C=O) groups is 17. The molecule has 0 saturated carbocycles. The van der Waals surface area contributed by atoms with E-state index in [0.29, 0.717) is 30.6 Å². The molecule has 0 radical (unpaired) electrons. The Hall–Kier alpha value is -11.1. The topological polar surface area (TPSA) is 636 Å². The highest BCUT2D eigenvalue weighted by Crippen LogP contribution is 2.25. The molecule has 2 aromatic rings. The van der Waals surface area contributed by atoms with Crippen LogP contribution in [-0.2, 0) is 94.3 Å². The maximum Gasteiger partial charge on any atom is 0.326 e. The van der Waals surface area contributed by atoms with Crippen molar-refractivity contribution in [3.63, 3.8) is 0 Å². The summed E-state index contributed by atoms with van der Waals surface area (Å²) in [7, 11) is 0. The second kappa shape index (κ2) is 51.6. The highest BCUT2D eigenvalue weighted by Gasteiger charge is 2.45. The summed E-state index contributed by atoms with van der Waals surface area (Å²) in [5, 5.41) is 81.7. The van der Waals surface area contributed by atoms with Gasteiger partial charge in [-0.3, -0.25) is 82.1 Å². The number of rotatable bonds is 52. The lowest BCUT2D eigenvalue weighted by Crippen LogP contribution is -2.62. The Labute approximate surface area is 714 Å². The van der Waals surface area contributed by atoms with Crippen LogP contribution in [0, 0.1) is 29.1 Å². The van der Waals surface area contributed by atoms with Crippen LogP contribution in [0.1, 0.15) is 164 Å². The number of aliphatic hydroxyl groups is 2. The number of likely N-dealkylation sites (tertiary alicyclic amines) is 2. The number of nitrogens with one attached hydrogen (secondary N) is 14. The number of primary amides is 1. The summed E-state index contributed by atoms with van der Waals surface area (Å²) in [6.45, 7) is 15.4. The van der Waals surface area contributed by atoms with Crippen LogP contribution in [0.15, 0.2) is 60.7 Å². The van der Waals surface area contributed by atoms with Gasteiger partial charge in [-0.05, 0) is 131 Å². The molecule has 0 aliphatic carbocycles. The molecule has 24 N–H and O–H groups in total. The van der Waals surface area contributed by atoms with Gasteiger partial charge in [0.05, 0.1) is 31.6 Å². The van der Waals surface area contributed by atoms with E-state index in [0.717, 1.165) is 5.56 Å². The highest BCUT2D eigenvalue weighted by atomic mass is 32.2. The highest BCUT2D eigenvalue weighted by molar-refractivity contribution is 7.98. The number of carboxylic acid groups (broad SMARTS) is 2. The van der Waals surface area contributed by atoms with E-state index < -0.39 is 235 Å². The lowest BCUT2D eigenvalue weighted by atomic mass is 9.96. The van der Waals surface area contributed by atoms with Gasteiger partial charge in [-0.25, -0.2) is 4.79 Å². The first-order valence-electron chi connectivity index (χ1n) is 41.2. The minimum absolute atomic E-state index is 0.00636. The van der Waals surface area contributed by atoms with Gasteiger partial charge in [-0.2, -0.15) is 11.8 Å². The normalized spacial score (nSPS) is 17.5. The number of hydrogen-bond acceptors (Lipinski definition) is 22. The van der Waals surface area contributed by atoms with E-state index in [4.69, 9.17) is 22.6 Å². The molecule has 2 fully saturated rings. The van der Waals surface area contributed by atoms with Crippen molar-refractivity contribution in [3.05, 3.63) is 71.8 Å². The lowest BCUT2D eigenvalue weighted by Gasteiger charge is -2.34. The summed E-state index contributed by atoms with van der Waals surface area (Å²) >= 11 is 1.32. The van der Waals surface area contributed by atoms with Crippen LogP contribution in [-0.4, -0.2) is 272 Å². The van der Waals surface area contributed by atoms with E-state index in [2.05, 4.69) is 69.1 Å². The Kier molecular flexibility index (Phi) is 43.7. The van der Waals surface area contributed by atoms with Crippen LogP contribution in [0.5, 0.6) is 0 Å². The maximum absolute atomic E-state index is 14.8. The second-order valence-electron chi connectivity index (χ2n) is 32.2. The van der Waals surface area contributed by atoms with E-state index in [1.807, 2.05) is 30.3 Å². The van der Waals surface area contributed by atoms with Gasteiger partial charge in [0, 0.05) is 26.1 Å². The number of benzene rings is 2. The summed E-state index contributed by atoms with van der Waals surface area (Å²) in [5.74, 6) is -19.0. The third kappa shape index (κ3) is 34.4. The fourth-order valence-corrected chi connectivity index (χ4v) is 14.3. The van der Waals surface area contributed by atoms with Crippen LogP contribution < -0.4 is 86.3 Å². The fraction of sp³-hybridized carbons (Fsp3) is 0.630. The summed E-state index contributed by atoms with van der Waals surface area (Å²) in [4.78, 5) is 239. The van der Waals surface area contributed by atoms with Crippen molar-refractivity contribution in [2.45, 2.75) is 262 Å². The fourth-order valence-electron chi connectivity index (χ4n) is 13.8. The smallest absolute Gasteiger partial charge is 0.326 e. The Morgan fingerprint density at radius 2 is 0.902 bits per heavy atom. The number of aliphatic carboxylic acids is 2. The number of aliphatic hydroxyl groups excluding tert-OH is 2. The Morgan fingerprint density at radius 3 is 1.39 bits per heavy atom. The summed E-state index contributed by atoms with van der Waals surface area (Å²) in [6, 6.07) is -5.26. The van der Waals surface area contributed by atoms with Crippen molar-refractivity contribution in [2.24, 2.45) is 40.9 Å². The number of thioether (sulfide) groups is 1. The molecule has 2 heterocycles. The van der Waals surface area contributed by atoms with Crippen LogP contribution in [0.2, 0.25) is 0 Å². The molecule has 0 unspecified atom stereocenters. The van der Waals surface area contributed by atoms with Gasteiger partial charge < -0.3 is 117 Å². The quantitative estimate of drug-likeness (QED) is 0.0175. The minimum Gasteiger partial charge on any atom is -0.481 e. The summed E-state index contributed by atoms with van der Waals surface area (Å²) in [6.07, 6.45) is -0.931. The number of nitrogens with two attached hydrogens (primary N) is 3. The zero-order valence-electron chi connectivity index (χ0n) is 71.2. The van der Waals surface area contributed by atoms with Crippen molar-refractivity contribution < 1.29 is 102 Å². The van der Waals surface area contributed by atoms with E-state index in [1.165, 1.54) is 35.4 Å². The van der Waals surface area contributed by atoms with Crippen LogP contribution in [0.4, 0.5) is 0 Å². The Balaban J connectivity index is 1.55. The molecule has 0 aromatic heterocycles. The zero-order chi connectivity index (χ0) is 91.4. The third-order valence-electron chi connectivity index (χ3n) is 20.5. The summed E-state index contributed by atoms with van der Waals surface area (Å²) in [5.41, 5.74) is 18.6. The van der Waals surface area contributed by atoms with Gasteiger partial charge in [0.15, 0.2) is 5.96 Å². The number of hydrogen-bond donors (Lipinski definition) is 21. The zero-order valence-corrected chi connectivity index (χ0v) is 72.0. The number of guanidine groups is 1. The van der Waals surface area contributed by atoms with Gasteiger partial charge in [0.2, 0.25) is 88.6 Å². The Bertz CT molecular complexity index is 3920. The lowest BCUT2D eigenvalue weighted by molar-refractivity contribution is -0.144. The first-order valence-corrected chi connectivity index (χ1v) is 42.6. The molecule has 678 valence electrons. The molecule has 2 aromatic carbocycles. The molecule has 2 saturated heterocycles. The molecule has 41 heteroatoms. The minimum atomic E-state index is -2.07. The molecule has 2 aliphatic rings. The van der Waals surface area contributed by atoms with Crippen molar-refractivity contribution in [1.82, 2.24) is 78.9 Å². The molecule has 2 aliphatic heterocycles. The van der Waals surface area contributed by atoms with Crippen molar-refractivity contribution in [2.75, 3.05) is 38.2 Å². The predicted octanol–water partition coefficient (Wildman–Crippen LogP) is -3.37. The molecule has 122 heavy (non-hydrogen) atoms. The predicted molar refractivity (Wildman–Crippen MR) is 449 cm³/mol. The van der Waals surface area contributed by atoms with Gasteiger partial charge >= 0.3 is 11.9 Å². The van der Waals surface area contributed by atoms with E-state index >= 15 is 0 Å². The number of carboxylic acids is 2. The first-order chi connectivity index (χ1) is 57.5. The maximum atomic E-state index is 14.8. The van der Waals surface area contributed by atoms with Crippen molar-refractivity contribution in [3.8, 4) is 0 Å². The van der Waals surface area contributed by atoms with Gasteiger partial charge in [-0.1, -0.05) is 122 Å². The molecule has 15 amide bonds. The van der Waals surface area contributed by atoms with Gasteiger partial charge in [0.1, 0.15) is 84.6 Å². The van der Waals surface area contributed by atoms with Crippen LogP contribution >= 0.6 is 11.8 Å². The van der Waals surface area contributed by atoms with E-state index in [1.54, 1.807) is 92.0 Å². The van der Waals surface area contributed by atoms with Crippen molar-refractivity contribution in [1.29, 1.82) is 5.41 Å². The average Bonchev–Trinajstić information content (AvgIpc) is 1.65. The molecule has 4 rings (SSSR count). The molecule has 0 spiro atoms. The molecular weight excluding hydrogens is 1610 g/mol. The third-order valence-corrected chi connectivity index (χ3v) is 21.2. The number of amides is 15. The second-order valence-corrected chi connectivity index (χ2v) is 33.2. The molecule has 40 nitrogen and oxygen atoms in total. The first kappa shape index (κ1) is 103. The molecular formula is C81H127N19O21S. The van der Waals surface area contributed by atoms with Crippen molar-refractivity contribution >= 4 is 118 Å². The van der Waals surface area contributed by atoms with E-state index in [9.17, 15) is 102 Å². The largest absolute Gasteiger partial charge is 0.481 e. The van der Waals surface area contributed by atoms with E-state index in [-0.39, 0.29) is 95.7 Å². The SMILES string of the molecule is CC[C@H](C)[C@H](NC(=O)[C@@H](NC(=O)[C@@H]1CCCN1C(=O)[C@@H](N)Cc1ccccc1)[C@@H](C)O)C(=O)N1CCC[C@H]1C(=O)N[C@@H](CC(C)C)C(=O)N[C@@H](CO)C(=O)N[C@@H](CCCNC(=N)N)C(=O)N[C@@H](CC(C)C)C(=O)N[C@@H](Cc1ccccc1)C(=O)N[C@@H](CC(=O)O)C(=O)N[C@@H](CC(N)=O)C(=O)N[C@@H](C)C(=O)N[C@@H](CCSC)C(=O)N[C@@H](CC(C)C)C(=O)O. The Morgan fingerprint density at radius 1 is 0.484 bits per heavy atom. The molecule has 0 bridgehead atoms. The summed E-state index contributed by atoms with van der Waals surface area (Å²) < 4.78 is 0. The number of carbonyl (C=O) groups excluding carboxylic acids is 15. The van der Waals surface area contributed by atoms with Gasteiger partial charge in [0.25, 0.3) is 0 Å². The average molecular weight is 1740 g/mol. The van der Waals surface area contributed by atoms with Gasteiger partial charge in [-0.15, -0.1) is 0 Å². The standard InChI is InChI=1S/C81H127N19O21S/c1-12-45(8)64(97-77(117)65(47(10)102)98-76(116)61-28-20-31-99(61)78(118)50(82)37-48-22-15-13-16-23-48)79(119)100-32-21-27-60(100)75(115)94-54(35-43(4)5)71(111)96-59(41-101)74(114)89-51(26-19-30-86-81(84)85)67(107)90-53(34-42(2)3)70(110)91-55(38-49-24-17-14-18-25-49)72(112)93-57(40-63(104)105)73(113)92-56(39-62(83)103)69(109)87-46(9)66(106)88-52(29-33-122-11)68(108)95-58(80(120)121)36-44(6)7/h13-18,22-25,42-47,50-61,64-65,101-102H,12,19-21,26-41,82H2,1-11H3,(H2,83,103)(H,87,109)(H,88,106)(H,89,114)(H,90,107)(H,91,110)(H,92,113)(H,93,112)(H,94,115)(H,95,108)(H,96,111)(H,97,117)(H,98,116)(H,104,105)(H,120,121)(H4,84,85,86)/t45-,46-,47+,50-,51-,52-,53-,54-,55-,56-,57-,58-,59-,60-,61-,64-,65-/m0/s1.